The maximum absolute atomic E-state index is 14.1. The molecule has 0 radical (unpaired) electrons. The van der Waals surface area contributed by atoms with Crippen molar-refractivity contribution < 1.29 is 29.1 Å². The Morgan fingerprint density at radius 1 is 0.694 bits per heavy atom. The fourth-order valence-corrected chi connectivity index (χ4v) is 6.00. The minimum Gasteiger partial charge on any atom is -0.480 e. The maximum Gasteiger partial charge on any atom is 0.326 e. The summed E-state index contributed by atoms with van der Waals surface area (Å²) in [5.41, 5.74) is 16.1. The van der Waals surface area contributed by atoms with Crippen LogP contribution in [-0.2, 0) is 51.4 Å². The first-order chi connectivity index (χ1) is 23.6. The lowest BCUT2D eigenvalue weighted by atomic mass is 9.92. The number of carbonyl (C=O) groups is 5. The quantitative estimate of drug-likeness (QED) is 0.145. The second kappa shape index (κ2) is 15.9. The number of aliphatic carboxylic acids is 1. The molecule has 0 aliphatic carbocycles. The topological polar surface area (TPSA) is 185 Å². The molecule has 11 nitrogen and oxygen atoms in total. The van der Waals surface area contributed by atoms with E-state index in [1.165, 1.54) is 4.90 Å². The molecule has 0 saturated heterocycles. The summed E-state index contributed by atoms with van der Waals surface area (Å²) in [4.78, 5) is 66.9. The smallest absolute Gasteiger partial charge is 0.326 e. The molecule has 0 fully saturated rings. The minimum absolute atomic E-state index is 0.0543. The van der Waals surface area contributed by atoms with Crippen molar-refractivity contribution in [1.29, 1.82) is 0 Å². The number of benzene rings is 4. The van der Waals surface area contributed by atoms with Crippen LogP contribution in [0.5, 0.6) is 0 Å². The van der Waals surface area contributed by atoms with Crippen molar-refractivity contribution in [1.82, 2.24) is 15.5 Å². The zero-order chi connectivity index (χ0) is 34.9. The van der Waals surface area contributed by atoms with Gasteiger partial charge in [0.25, 0.3) is 0 Å². The molecule has 4 aromatic carbocycles. The number of nitrogens with zero attached hydrogens (tertiary/aromatic N) is 1. The molecule has 0 unspecified atom stereocenters. The Hall–Kier alpha value is -5.81. The lowest BCUT2D eigenvalue weighted by Crippen LogP contribution is -2.60. The highest BCUT2D eigenvalue weighted by Gasteiger charge is 2.38. The van der Waals surface area contributed by atoms with E-state index >= 15 is 0 Å². The largest absolute Gasteiger partial charge is 0.480 e. The van der Waals surface area contributed by atoms with Gasteiger partial charge >= 0.3 is 5.97 Å². The maximum atomic E-state index is 14.1. The van der Waals surface area contributed by atoms with E-state index < -0.39 is 53.8 Å². The van der Waals surface area contributed by atoms with Gasteiger partial charge in [-0.15, -0.1) is 0 Å². The first-order valence-electron chi connectivity index (χ1n) is 16.0. The van der Waals surface area contributed by atoms with Crippen LogP contribution in [0.25, 0.3) is 0 Å². The normalized spacial score (nSPS) is 15.6. The lowest BCUT2D eigenvalue weighted by Gasteiger charge is -2.38. The van der Waals surface area contributed by atoms with Gasteiger partial charge in [-0.1, -0.05) is 97.1 Å². The highest BCUT2D eigenvalue weighted by atomic mass is 16.4. The first-order valence-corrected chi connectivity index (χ1v) is 16.0. The summed E-state index contributed by atoms with van der Waals surface area (Å²) in [6, 6.07) is 27.6. The number of carboxylic acids is 1. The van der Waals surface area contributed by atoms with Crippen LogP contribution in [0.4, 0.5) is 0 Å². The van der Waals surface area contributed by atoms with Gasteiger partial charge in [0, 0.05) is 31.4 Å². The number of rotatable bonds is 13. The Morgan fingerprint density at radius 2 is 1.22 bits per heavy atom. The third-order valence-electron chi connectivity index (χ3n) is 8.66. The molecule has 4 amide bonds. The molecule has 0 saturated carbocycles. The number of hydrogen-bond donors (Lipinski definition) is 5. The predicted molar refractivity (Wildman–Crippen MR) is 183 cm³/mol. The van der Waals surface area contributed by atoms with Gasteiger partial charge in [0.15, 0.2) is 0 Å². The molecule has 0 spiro atoms. The lowest BCUT2D eigenvalue weighted by molar-refractivity contribution is -0.144. The average Bonchev–Trinajstić information content (AvgIpc) is 3.11. The molecule has 49 heavy (non-hydrogen) atoms. The van der Waals surface area contributed by atoms with E-state index in [9.17, 15) is 29.1 Å². The Kier molecular flexibility index (Phi) is 11.2. The van der Waals surface area contributed by atoms with Crippen LogP contribution in [0.3, 0.4) is 0 Å². The van der Waals surface area contributed by atoms with Crippen molar-refractivity contribution in [2.45, 2.75) is 56.4 Å². The van der Waals surface area contributed by atoms with Crippen molar-refractivity contribution in [3.8, 4) is 0 Å². The Bertz CT molecular complexity index is 1800. The summed E-state index contributed by atoms with van der Waals surface area (Å²) < 4.78 is 0. The summed E-state index contributed by atoms with van der Waals surface area (Å²) in [6.45, 7) is 0.134. The van der Waals surface area contributed by atoms with E-state index in [-0.39, 0.29) is 32.2 Å². The zero-order valence-electron chi connectivity index (χ0n) is 26.8. The van der Waals surface area contributed by atoms with Crippen molar-refractivity contribution in [3.05, 3.63) is 143 Å². The number of primary amides is 1. The molecule has 1 aliphatic heterocycles. The van der Waals surface area contributed by atoms with Gasteiger partial charge in [0.1, 0.15) is 18.1 Å². The van der Waals surface area contributed by atoms with Crippen LogP contribution < -0.4 is 22.1 Å². The summed E-state index contributed by atoms with van der Waals surface area (Å²) in [5.74, 6) is -3.45. The van der Waals surface area contributed by atoms with Crippen LogP contribution in [0.1, 0.15) is 38.2 Å². The predicted octanol–water partition coefficient (Wildman–Crippen LogP) is 2.15. The van der Waals surface area contributed by atoms with Crippen molar-refractivity contribution in [2.75, 3.05) is 0 Å². The number of nitrogens with one attached hydrogen (secondary N) is 2. The molecule has 4 aromatic rings. The molecule has 4 atom stereocenters. The molecule has 252 valence electrons. The van der Waals surface area contributed by atoms with Crippen LogP contribution in [-0.4, -0.2) is 63.8 Å². The van der Waals surface area contributed by atoms with Gasteiger partial charge < -0.3 is 32.1 Å². The second-order valence-corrected chi connectivity index (χ2v) is 12.2. The van der Waals surface area contributed by atoms with E-state index in [1.807, 2.05) is 60.7 Å². The summed E-state index contributed by atoms with van der Waals surface area (Å²) in [6.07, 6.45) is 0.494. The Morgan fingerprint density at radius 3 is 1.80 bits per heavy atom. The Balaban J connectivity index is 1.37. The molecule has 11 heteroatoms. The van der Waals surface area contributed by atoms with Crippen LogP contribution in [0.15, 0.2) is 109 Å². The molecule has 5 rings (SSSR count). The monoisotopic (exact) mass is 661 g/mol. The number of fused-ring (bicyclic) bond motifs is 1. The van der Waals surface area contributed by atoms with E-state index in [1.54, 1.807) is 48.5 Å². The van der Waals surface area contributed by atoms with Crippen molar-refractivity contribution >= 4 is 29.6 Å². The Labute approximate surface area is 284 Å². The van der Waals surface area contributed by atoms with Gasteiger partial charge in [-0.05, 0) is 46.4 Å². The average molecular weight is 662 g/mol. The number of nitrogens with two attached hydrogens (primary N) is 2. The van der Waals surface area contributed by atoms with E-state index in [0.717, 1.165) is 22.3 Å². The molecule has 0 aromatic heterocycles. The standard InChI is InChI=1S/C38H39N5O6/c39-30(19-26-15-17-27(18-16-26)34(40)44)37(47)43-23-29-14-8-7-13-28(29)22-33(43)36(46)41-31(20-24-9-3-1-4-10-24)35(45)42-32(38(48)49)21-25-11-5-2-6-12-25/h1-18,30-33H,19-23,39H2,(H2,40,44)(H,41,46)(H,42,45)(H,48,49)/t30-,31-,32-,33-/m0/s1. The number of carboxylic acid groups (broad SMARTS) is 1. The third kappa shape index (κ3) is 8.96. The highest BCUT2D eigenvalue weighted by molar-refractivity contribution is 5.95. The van der Waals surface area contributed by atoms with Crippen LogP contribution in [0.2, 0.25) is 0 Å². The second-order valence-electron chi connectivity index (χ2n) is 12.2. The molecule has 0 bridgehead atoms. The van der Waals surface area contributed by atoms with Crippen LogP contribution in [0, 0.1) is 0 Å². The minimum atomic E-state index is -1.24. The van der Waals surface area contributed by atoms with E-state index in [0.29, 0.717) is 11.1 Å². The molecular weight excluding hydrogens is 622 g/mol. The highest BCUT2D eigenvalue weighted by Crippen LogP contribution is 2.25. The van der Waals surface area contributed by atoms with Crippen LogP contribution >= 0.6 is 0 Å². The molecule has 1 aliphatic rings. The number of carbonyl (C=O) groups excluding carboxylic acids is 4. The zero-order valence-corrected chi connectivity index (χ0v) is 26.8. The first kappa shape index (κ1) is 34.5. The number of amides is 4. The molecule has 7 N–H and O–H groups in total. The fraction of sp³-hybridized carbons (Fsp3) is 0.237. The number of hydrogen-bond acceptors (Lipinski definition) is 6. The molecular formula is C38H39N5O6. The summed E-state index contributed by atoms with van der Waals surface area (Å²) in [7, 11) is 0. The third-order valence-corrected chi connectivity index (χ3v) is 8.66. The van der Waals surface area contributed by atoms with Gasteiger partial charge in [0.2, 0.25) is 23.6 Å². The van der Waals surface area contributed by atoms with E-state index in [2.05, 4.69) is 10.6 Å². The van der Waals surface area contributed by atoms with Gasteiger partial charge in [-0.25, -0.2) is 4.79 Å². The summed E-state index contributed by atoms with van der Waals surface area (Å²) >= 11 is 0. The van der Waals surface area contributed by atoms with E-state index in [4.69, 9.17) is 11.5 Å². The SMILES string of the molecule is NC(=O)c1ccc(C[C@H](N)C(=O)N2Cc3ccccc3C[C@H]2C(=O)N[C@@H](Cc2ccccc2)C(=O)N[C@@H](Cc2ccccc2)C(=O)O)cc1. The summed E-state index contributed by atoms with van der Waals surface area (Å²) in [5, 5.41) is 15.4. The van der Waals surface area contributed by atoms with Crippen molar-refractivity contribution in [3.63, 3.8) is 0 Å². The van der Waals surface area contributed by atoms with Gasteiger partial charge in [0.05, 0.1) is 6.04 Å². The van der Waals surface area contributed by atoms with Crippen molar-refractivity contribution in [2.24, 2.45) is 11.5 Å². The van der Waals surface area contributed by atoms with Gasteiger partial charge in [-0.2, -0.15) is 0 Å². The van der Waals surface area contributed by atoms with Gasteiger partial charge in [-0.3, -0.25) is 19.2 Å². The molecule has 1 heterocycles. The fourth-order valence-electron chi connectivity index (χ4n) is 6.00.